The van der Waals surface area contributed by atoms with Gasteiger partial charge in [0.05, 0.1) is 19.1 Å². The van der Waals surface area contributed by atoms with E-state index in [4.69, 9.17) is 9.47 Å². The molecule has 1 fully saturated rings. The summed E-state index contributed by atoms with van der Waals surface area (Å²) < 4.78 is 35.6. The number of ether oxygens (including phenoxy) is 2. The second-order valence-corrected chi connectivity index (χ2v) is 10.5. The van der Waals surface area contributed by atoms with Crippen molar-refractivity contribution < 1.29 is 27.5 Å². The van der Waals surface area contributed by atoms with E-state index < -0.39 is 21.8 Å². The number of nitrogens with one attached hydrogen (secondary N) is 2. The average molecular weight is 533 g/mol. The molecule has 0 spiro atoms. The normalized spacial score (nSPS) is 14.2. The molecule has 36 heavy (non-hydrogen) atoms. The van der Waals surface area contributed by atoms with E-state index in [9.17, 15) is 18.0 Å². The van der Waals surface area contributed by atoms with Crippen LogP contribution in [0.25, 0.3) is 0 Å². The topological polar surface area (TPSA) is 153 Å². The van der Waals surface area contributed by atoms with E-state index >= 15 is 0 Å². The van der Waals surface area contributed by atoms with Crippen molar-refractivity contribution in [1.82, 2.24) is 19.7 Å². The van der Waals surface area contributed by atoms with Gasteiger partial charge >= 0.3 is 6.01 Å². The fourth-order valence-corrected chi connectivity index (χ4v) is 4.84. The molecular weight excluding hydrogens is 508 g/mol. The fourth-order valence-electron chi connectivity index (χ4n) is 3.52. The summed E-state index contributed by atoms with van der Waals surface area (Å²) in [6.45, 7) is 1.44. The van der Waals surface area contributed by atoms with Gasteiger partial charge in [0.25, 0.3) is 11.8 Å². The summed E-state index contributed by atoms with van der Waals surface area (Å²) in [5, 5.41) is 5.12. The van der Waals surface area contributed by atoms with Crippen molar-refractivity contribution in [3.05, 3.63) is 53.3 Å². The Balaban J connectivity index is 1.36. The average Bonchev–Trinajstić information content (AvgIpc) is 3.35. The summed E-state index contributed by atoms with van der Waals surface area (Å²) in [6.07, 6.45) is 5.72. The second kappa shape index (κ2) is 10.9. The van der Waals surface area contributed by atoms with E-state index in [0.29, 0.717) is 11.7 Å². The van der Waals surface area contributed by atoms with E-state index in [0.717, 1.165) is 37.3 Å². The highest BCUT2D eigenvalue weighted by Crippen LogP contribution is 2.28. The highest BCUT2D eigenvalue weighted by Gasteiger charge is 2.24. The number of benzene rings is 1. The van der Waals surface area contributed by atoms with Gasteiger partial charge in [0.1, 0.15) is 17.5 Å². The predicted molar refractivity (Wildman–Crippen MR) is 133 cm³/mol. The minimum Gasteiger partial charge on any atom is -0.495 e. The molecule has 2 N–H and O–H groups in total. The maximum Gasteiger partial charge on any atom is 0.316 e. The first-order valence-electron chi connectivity index (χ1n) is 10.9. The molecule has 190 valence electrons. The van der Waals surface area contributed by atoms with Crippen LogP contribution in [0.15, 0.2) is 42.0 Å². The Kier molecular flexibility index (Phi) is 7.64. The maximum atomic E-state index is 12.8. The minimum absolute atomic E-state index is 0.0151. The van der Waals surface area contributed by atoms with Crippen LogP contribution in [-0.4, -0.2) is 67.7 Å². The third-order valence-corrected chi connectivity index (χ3v) is 6.70. The van der Waals surface area contributed by atoms with Crippen LogP contribution in [0, 0.1) is 0 Å². The number of carbonyl (C=O) groups is 2. The van der Waals surface area contributed by atoms with Crippen LogP contribution >= 0.6 is 11.3 Å². The zero-order valence-corrected chi connectivity index (χ0v) is 21.1. The molecule has 3 aromatic rings. The van der Waals surface area contributed by atoms with Crippen molar-refractivity contribution in [1.29, 1.82) is 0 Å². The number of aromatic nitrogens is 3. The van der Waals surface area contributed by atoms with Crippen molar-refractivity contribution in [2.24, 2.45) is 0 Å². The standard InChI is InChI=1S/C22H24N6O6S2/c1-33-18-12-14(19(29)27-36(2,31)32)4-5-16(18)25-20(30)17-13-35-22(26-17)28-10-6-15(7-11-28)34-21-23-8-3-9-24-21/h3-5,8-9,12-13,15H,6-7,10-11H2,1-2H3,(H,25,30)(H,27,29). The van der Waals surface area contributed by atoms with E-state index in [1.165, 1.54) is 36.6 Å². The van der Waals surface area contributed by atoms with Crippen LogP contribution in [0.4, 0.5) is 10.8 Å². The molecule has 1 saturated heterocycles. The van der Waals surface area contributed by atoms with Gasteiger partial charge in [-0.2, -0.15) is 0 Å². The Bertz CT molecular complexity index is 1340. The van der Waals surface area contributed by atoms with Crippen LogP contribution < -0.4 is 24.4 Å². The van der Waals surface area contributed by atoms with E-state index in [1.807, 2.05) is 4.72 Å². The van der Waals surface area contributed by atoms with Gasteiger partial charge in [-0.1, -0.05) is 0 Å². The molecule has 12 nitrogen and oxygen atoms in total. The summed E-state index contributed by atoms with van der Waals surface area (Å²) in [6, 6.07) is 6.29. The molecule has 1 aliphatic rings. The number of hydrogen-bond donors (Lipinski definition) is 2. The molecule has 14 heteroatoms. The Hall–Kier alpha value is -3.78. The summed E-state index contributed by atoms with van der Waals surface area (Å²) in [7, 11) is -2.34. The van der Waals surface area contributed by atoms with Crippen molar-refractivity contribution in [3.8, 4) is 11.8 Å². The Labute approximate surface area is 211 Å². The smallest absolute Gasteiger partial charge is 0.316 e. The van der Waals surface area contributed by atoms with E-state index in [2.05, 4.69) is 25.2 Å². The molecule has 0 atom stereocenters. The summed E-state index contributed by atoms with van der Waals surface area (Å²) in [5.41, 5.74) is 0.624. The SMILES string of the molecule is COc1cc(C(=O)NS(C)(=O)=O)ccc1NC(=O)c1csc(N2CCC(Oc3ncccn3)CC2)n1. The van der Waals surface area contributed by atoms with Gasteiger partial charge < -0.3 is 19.7 Å². The number of methoxy groups -OCH3 is 1. The Morgan fingerprint density at radius 1 is 1.14 bits per heavy atom. The highest BCUT2D eigenvalue weighted by molar-refractivity contribution is 7.89. The first-order chi connectivity index (χ1) is 17.2. The molecule has 1 aromatic carbocycles. The second-order valence-electron chi connectivity index (χ2n) is 7.92. The van der Waals surface area contributed by atoms with Crippen LogP contribution in [0.2, 0.25) is 0 Å². The van der Waals surface area contributed by atoms with Crippen LogP contribution in [0.3, 0.4) is 0 Å². The molecule has 2 amide bonds. The number of carbonyl (C=O) groups excluding carboxylic acids is 2. The molecule has 1 aliphatic heterocycles. The first kappa shape index (κ1) is 25.3. The zero-order valence-electron chi connectivity index (χ0n) is 19.5. The van der Waals surface area contributed by atoms with Gasteiger partial charge in [0, 0.05) is 49.3 Å². The number of rotatable bonds is 8. The number of amides is 2. The Morgan fingerprint density at radius 2 is 1.86 bits per heavy atom. The van der Waals surface area contributed by atoms with Gasteiger partial charge in [-0.05, 0) is 24.3 Å². The number of hydrogen-bond acceptors (Lipinski definition) is 11. The maximum absolute atomic E-state index is 12.8. The van der Waals surface area contributed by atoms with E-state index in [1.54, 1.807) is 23.8 Å². The minimum atomic E-state index is -3.71. The van der Waals surface area contributed by atoms with Gasteiger partial charge in [0.15, 0.2) is 5.13 Å². The van der Waals surface area contributed by atoms with Crippen molar-refractivity contribution >= 4 is 44.0 Å². The molecule has 0 unspecified atom stereocenters. The summed E-state index contributed by atoms with van der Waals surface area (Å²) in [4.78, 5) is 39.7. The lowest BCUT2D eigenvalue weighted by Gasteiger charge is -2.31. The molecule has 4 rings (SSSR count). The molecule has 2 aromatic heterocycles. The molecular formula is C22H24N6O6S2. The predicted octanol–water partition coefficient (Wildman–Crippen LogP) is 1.93. The number of nitrogens with zero attached hydrogens (tertiary/aromatic N) is 4. The van der Waals surface area contributed by atoms with Gasteiger partial charge in [0.2, 0.25) is 10.0 Å². The van der Waals surface area contributed by atoms with Crippen LogP contribution in [0.5, 0.6) is 11.8 Å². The lowest BCUT2D eigenvalue weighted by atomic mass is 10.1. The lowest BCUT2D eigenvalue weighted by molar-refractivity contribution is 0.0980. The quantitative estimate of drug-likeness (QED) is 0.440. The first-order valence-corrected chi connectivity index (χ1v) is 13.6. The van der Waals surface area contributed by atoms with Crippen molar-refractivity contribution in [3.63, 3.8) is 0 Å². The molecule has 0 radical (unpaired) electrons. The summed E-state index contributed by atoms with van der Waals surface area (Å²) >= 11 is 1.37. The van der Waals surface area contributed by atoms with Gasteiger partial charge in [-0.3, -0.25) is 9.59 Å². The molecule has 0 bridgehead atoms. The summed E-state index contributed by atoms with van der Waals surface area (Å²) in [5.74, 6) is -1.05. The number of anilines is 2. The highest BCUT2D eigenvalue weighted by atomic mass is 32.2. The zero-order chi connectivity index (χ0) is 25.7. The lowest BCUT2D eigenvalue weighted by Crippen LogP contribution is -2.38. The van der Waals surface area contributed by atoms with Gasteiger partial charge in [-0.25, -0.2) is 28.1 Å². The third-order valence-electron chi connectivity index (χ3n) is 5.24. The molecule has 0 aliphatic carbocycles. The van der Waals surface area contributed by atoms with Crippen LogP contribution in [0.1, 0.15) is 33.7 Å². The van der Waals surface area contributed by atoms with Crippen molar-refractivity contribution in [2.75, 3.05) is 36.7 Å². The number of sulfonamides is 1. The monoisotopic (exact) mass is 532 g/mol. The largest absolute Gasteiger partial charge is 0.495 e. The van der Waals surface area contributed by atoms with Crippen LogP contribution in [-0.2, 0) is 10.0 Å². The van der Waals surface area contributed by atoms with Gasteiger partial charge in [-0.15, -0.1) is 11.3 Å². The number of thiazole rings is 1. The number of piperidine rings is 1. The van der Waals surface area contributed by atoms with E-state index in [-0.39, 0.29) is 23.1 Å². The molecule has 0 saturated carbocycles. The molecule has 3 heterocycles. The third kappa shape index (κ3) is 6.46. The van der Waals surface area contributed by atoms with Crippen molar-refractivity contribution in [2.45, 2.75) is 18.9 Å². The Morgan fingerprint density at radius 3 is 2.53 bits per heavy atom. The fraction of sp³-hybridized carbons (Fsp3) is 0.318.